The number of nitrogens with zero attached hydrogens (tertiary/aromatic N) is 2. The van der Waals surface area contributed by atoms with Crippen LogP contribution in [0.25, 0.3) is 11.0 Å². The van der Waals surface area contributed by atoms with Gasteiger partial charge in [-0.25, -0.2) is 9.18 Å². The number of aromatic nitrogens is 3. The van der Waals surface area contributed by atoms with Gasteiger partial charge in [0, 0.05) is 6.20 Å². The molecule has 1 aliphatic rings. The second kappa shape index (κ2) is 5.49. The molecule has 124 valence electrons. The molecule has 0 amide bonds. The molecule has 0 radical (unpaired) electrons. The minimum Gasteiger partial charge on any atom is -0.394 e. The summed E-state index contributed by atoms with van der Waals surface area (Å²) in [5, 5.41) is 28.5. The minimum absolute atomic E-state index is 0.0555. The smallest absolute Gasteiger partial charge is 0.351 e. The monoisotopic (exact) mass is 327 g/mol. The lowest BCUT2D eigenvalue weighted by atomic mass is 10.1. The molecule has 2 aromatic rings. The lowest BCUT2D eigenvalue weighted by Crippen LogP contribution is -2.36. The molecule has 1 aliphatic heterocycles. The van der Waals surface area contributed by atoms with Crippen LogP contribution in [0.5, 0.6) is 0 Å². The number of pyridine rings is 1. The number of aryl methyl sites for hydroxylation is 1. The molecule has 23 heavy (non-hydrogen) atoms. The molecule has 3 rings (SSSR count). The Balaban J connectivity index is 2.18. The number of hydrogen-bond acceptors (Lipinski definition) is 7. The zero-order valence-electron chi connectivity index (χ0n) is 11.9. The predicted molar refractivity (Wildman–Crippen MR) is 74.3 cm³/mol. The lowest BCUT2D eigenvalue weighted by Gasteiger charge is -2.17. The van der Waals surface area contributed by atoms with E-state index in [1.54, 1.807) is 0 Å². The molecule has 4 atom stereocenters. The largest absolute Gasteiger partial charge is 0.394 e. The summed E-state index contributed by atoms with van der Waals surface area (Å²) in [6, 6.07) is 0. The number of nitrogens with one attached hydrogen (secondary N) is 1. The quantitative estimate of drug-likeness (QED) is 0.508. The second-order valence-corrected chi connectivity index (χ2v) is 5.31. The molecule has 0 bridgehead atoms. The molecular formula is C13H14FN3O6. The molecule has 3 heterocycles. The van der Waals surface area contributed by atoms with Gasteiger partial charge in [-0.3, -0.25) is 9.36 Å². The summed E-state index contributed by atoms with van der Waals surface area (Å²) in [5.41, 5.74) is -1.97. The number of ether oxygens (including phenoxy) is 1. The van der Waals surface area contributed by atoms with Gasteiger partial charge < -0.3 is 25.0 Å². The molecule has 0 aromatic carbocycles. The van der Waals surface area contributed by atoms with Crippen molar-refractivity contribution in [1.29, 1.82) is 0 Å². The van der Waals surface area contributed by atoms with Crippen LogP contribution in [-0.2, 0) is 4.74 Å². The first kappa shape index (κ1) is 15.7. The summed E-state index contributed by atoms with van der Waals surface area (Å²) in [6.07, 6.45) is -4.37. The Morgan fingerprint density at radius 1 is 1.39 bits per heavy atom. The number of rotatable bonds is 2. The summed E-state index contributed by atoms with van der Waals surface area (Å²) in [7, 11) is 0. The molecule has 10 heteroatoms. The van der Waals surface area contributed by atoms with Crippen LogP contribution in [-0.4, -0.2) is 54.8 Å². The molecule has 0 spiro atoms. The van der Waals surface area contributed by atoms with E-state index in [4.69, 9.17) is 9.84 Å². The number of aliphatic hydroxyl groups is 3. The lowest BCUT2D eigenvalue weighted by molar-refractivity contribution is -0.0547. The maximum absolute atomic E-state index is 13.7. The van der Waals surface area contributed by atoms with Gasteiger partial charge in [0.05, 0.1) is 17.7 Å². The van der Waals surface area contributed by atoms with E-state index in [1.807, 2.05) is 0 Å². The summed E-state index contributed by atoms with van der Waals surface area (Å²) in [6.45, 7) is 0.758. The molecule has 2 aromatic heterocycles. The Morgan fingerprint density at radius 3 is 2.70 bits per heavy atom. The van der Waals surface area contributed by atoms with Gasteiger partial charge in [0.15, 0.2) is 12.0 Å². The number of hydrogen-bond donors (Lipinski definition) is 4. The average molecular weight is 327 g/mol. The van der Waals surface area contributed by atoms with E-state index in [9.17, 15) is 24.2 Å². The standard InChI is InChI=1S/C13H14FN3O6/c1-4-7(14)8(19)5-2-17(13(22)16-11(5)15-4)12-10(21)9(20)6(3-18)23-12/h2,6,9-10,12,18,20-21H,3H2,1H3,(H,15,16,22)/t6-,9?,10+,12-/m1/s1. The maximum Gasteiger partial charge on any atom is 0.351 e. The molecule has 0 aliphatic carbocycles. The summed E-state index contributed by atoms with van der Waals surface area (Å²) >= 11 is 0. The van der Waals surface area contributed by atoms with Gasteiger partial charge in [0.2, 0.25) is 5.43 Å². The van der Waals surface area contributed by atoms with E-state index in [-0.39, 0.29) is 16.7 Å². The topological polar surface area (TPSA) is 138 Å². The summed E-state index contributed by atoms with van der Waals surface area (Å²) in [5.74, 6) is -1.01. The van der Waals surface area contributed by atoms with Crippen LogP contribution in [0.3, 0.4) is 0 Å². The van der Waals surface area contributed by atoms with Crippen molar-refractivity contribution in [3.05, 3.63) is 38.4 Å². The zero-order valence-corrected chi connectivity index (χ0v) is 11.9. The molecule has 0 saturated carbocycles. The van der Waals surface area contributed by atoms with Crippen molar-refractivity contribution in [2.24, 2.45) is 0 Å². The van der Waals surface area contributed by atoms with Gasteiger partial charge in [-0.15, -0.1) is 0 Å². The Kier molecular flexibility index (Phi) is 3.76. The molecule has 1 fully saturated rings. The third kappa shape index (κ3) is 2.36. The van der Waals surface area contributed by atoms with Gasteiger partial charge in [-0.2, -0.15) is 4.98 Å². The Morgan fingerprint density at radius 2 is 2.09 bits per heavy atom. The highest BCUT2D eigenvalue weighted by Crippen LogP contribution is 2.28. The van der Waals surface area contributed by atoms with Crippen molar-refractivity contribution in [3.63, 3.8) is 0 Å². The first-order chi connectivity index (χ1) is 10.8. The Hall–Kier alpha value is -2.14. The van der Waals surface area contributed by atoms with Crippen molar-refractivity contribution >= 4 is 11.0 Å². The van der Waals surface area contributed by atoms with Crippen LogP contribution in [0.1, 0.15) is 11.9 Å². The third-order valence-electron chi connectivity index (χ3n) is 3.82. The zero-order chi connectivity index (χ0) is 16.9. The van der Waals surface area contributed by atoms with Crippen LogP contribution in [0.2, 0.25) is 0 Å². The van der Waals surface area contributed by atoms with Gasteiger partial charge >= 0.3 is 5.69 Å². The molecule has 1 unspecified atom stereocenters. The second-order valence-electron chi connectivity index (χ2n) is 5.31. The number of halogens is 1. The number of fused-ring (bicyclic) bond motifs is 1. The Labute approximate surface area is 127 Å². The van der Waals surface area contributed by atoms with Crippen molar-refractivity contribution < 1.29 is 24.4 Å². The van der Waals surface area contributed by atoms with Crippen LogP contribution >= 0.6 is 0 Å². The van der Waals surface area contributed by atoms with E-state index in [1.165, 1.54) is 6.92 Å². The molecular weight excluding hydrogens is 313 g/mol. The van der Waals surface area contributed by atoms with E-state index in [0.717, 1.165) is 10.8 Å². The van der Waals surface area contributed by atoms with Crippen molar-refractivity contribution in [2.75, 3.05) is 6.61 Å². The molecule has 4 N–H and O–H groups in total. The van der Waals surface area contributed by atoms with Gasteiger partial charge in [-0.1, -0.05) is 0 Å². The molecule has 9 nitrogen and oxygen atoms in total. The number of aliphatic hydroxyl groups excluding tert-OH is 3. The number of H-pyrrole nitrogens is 1. The van der Waals surface area contributed by atoms with Crippen molar-refractivity contribution in [3.8, 4) is 0 Å². The van der Waals surface area contributed by atoms with E-state index < -0.39 is 48.1 Å². The predicted octanol–water partition coefficient (Wildman–Crippen LogP) is -1.86. The first-order valence-electron chi connectivity index (χ1n) is 6.79. The van der Waals surface area contributed by atoms with Crippen LogP contribution in [0.4, 0.5) is 4.39 Å². The fraction of sp³-hybridized carbons (Fsp3) is 0.462. The van der Waals surface area contributed by atoms with E-state index in [2.05, 4.69) is 9.97 Å². The van der Waals surface area contributed by atoms with Crippen LogP contribution in [0.15, 0.2) is 15.8 Å². The third-order valence-corrected chi connectivity index (χ3v) is 3.82. The summed E-state index contributed by atoms with van der Waals surface area (Å²) < 4.78 is 19.7. The van der Waals surface area contributed by atoms with Crippen LogP contribution in [0, 0.1) is 12.7 Å². The van der Waals surface area contributed by atoms with Gasteiger partial charge in [0.25, 0.3) is 0 Å². The molecule has 1 saturated heterocycles. The van der Waals surface area contributed by atoms with Crippen molar-refractivity contribution in [1.82, 2.24) is 14.5 Å². The first-order valence-corrected chi connectivity index (χ1v) is 6.79. The highest BCUT2D eigenvalue weighted by atomic mass is 19.1. The van der Waals surface area contributed by atoms with Gasteiger partial charge in [-0.05, 0) is 6.92 Å². The SMILES string of the molecule is Cc1[nH]c2nc(=O)n([C@@H]3O[C@H](CO)C(O)[C@@H]3O)cc2c(=O)c1F. The fourth-order valence-corrected chi connectivity index (χ4v) is 2.54. The number of aromatic amines is 1. The average Bonchev–Trinajstić information content (AvgIpc) is 2.80. The van der Waals surface area contributed by atoms with Crippen molar-refractivity contribution in [2.45, 2.75) is 31.5 Å². The maximum atomic E-state index is 13.7. The minimum atomic E-state index is -1.52. The summed E-state index contributed by atoms with van der Waals surface area (Å²) in [4.78, 5) is 30.2. The van der Waals surface area contributed by atoms with E-state index >= 15 is 0 Å². The van der Waals surface area contributed by atoms with Crippen LogP contribution < -0.4 is 11.1 Å². The van der Waals surface area contributed by atoms with E-state index in [0.29, 0.717) is 0 Å². The normalized spacial score (nSPS) is 27.7. The van der Waals surface area contributed by atoms with Gasteiger partial charge in [0.1, 0.15) is 24.0 Å². The fourth-order valence-electron chi connectivity index (χ4n) is 2.54. The highest BCUT2D eigenvalue weighted by molar-refractivity contribution is 5.73. The highest BCUT2D eigenvalue weighted by Gasteiger charge is 2.43. The Bertz CT molecular complexity index is 878.